The van der Waals surface area contributed by atoms with Gasteiger partial charge in [-0.05, 0) is 24.5 Å². The molecule has 2 aromatic rings. The molecule has 2 aromatic heterocycles. The third-order valence-electron chi connectivity index (χ3n) is 3.20. The molecule has 3 nitrogen and oxygen atoms in total. The van der Waals surface area contributed by atoms with Crippen LogP contribution in [0.3, 0.4) is 0 Å². The molecule has 0 fully saturated rings. The number of aromatic nitrogens is 3. The van der Waals surface area contributed by atoms with Gasteiger partial charge in [0.1, 0.15) is 5.82 Å². The van der Waals surface area contributed by atoms with Crippen molar-refractivity contribution in [2.45, 2.75) is 26.3 Å². The first kappa shape index (κ1) is 9.58. The van der Waals surface area contributed by atoms with E-state index in [0.29, 0.717) is 0 Å². The Balaban J connectivity index is 1.99. The van der Waals surface area contributed by atoms with E-state index in [4.69, 9.17) is 4.98 Å². The van der Waals surface area contributed by atoms with E-state index in [0.717, 1.165) is 30.1 Å². The minimum absolute atomic E-state index is 0.770. The van der Waals surface area contributed by atoms with Crippen LogP contribution in [0.4, 0.5) is 0 Å². The Morgan fingerprint density at radius 2 is 2.12 bits per heavy atom. The molecule has 0 bridgehead atoms. The number of aryl methyl sites for hydroxylation is 1. The number of hydrogen-bond donors (Lipinski definition) is 0. The fourth-order valence-corrected chi connectivity index (χ4v) is 2.28. The number of rotatable bonds is 1. The van der Waals surface area contributed by atoms with Crippen LogP contribution in [0, 0.1) is 5.92 Å². The van der Waals surface area contributed by atoms with Crippen molar-refractivity contribution in [2.24, 2.45) is 5.92 Å². The Morgan fingerprint density at radius 3 is 2.94 bits per heavy atom. The van der Waals surface area contributed by atoms with Gasteiger partial charge >= 0.3 is 0 Å². The maximum absolute atomic E-state index is 4.69. The second kappa shape index (κ2) is 3.74. The highest BCUT2D eigenvalue weighted by Crippen LogP contribution is 2.24. The summed E-state index contributed by atoms with van der Waals surface area (Å²) in [6.07, 6.45) is 8.16. The maximum atomic E-state index is 4.69. The van der Waals surface area contributed by atoms with Crippen molar-refractivity contribution in [1.82, 2.24) is 14.5 Å². The van der Waals surface area contributed by atoms with E-state index in [-0.39, 0.29) is 0 Å². The Bertz CT molecular complexity index is 487. The standard InChI is InChI=1S/C13H15N3/c1-10-2-3-13-15-12(9-16(13)8-10)11-4-6-14-7-5-11/h4-7,9-10H,2-3,8H2,1H3. The molecule has 0 spiro atoms. The molecule has 0 radical (unpaired) electrons. The highest BCUT2D eigenvalue weighted by molar-refractivity contribution is 5.57. The molecule has 0 saturated carbocycles. The second-order valence-corrected chi connectivity index (χ2v) is 4.57. The molecule has 1 atom stereocenters. The third-order valence-corrected chi connectivity index (χ3v) is 3.20. The Hall–Kier alpha value is -1.64. The molecule has 0 aliphatic carbocycles. The summed E-state index contributed by atoms with van der Waals surface area (Å²) in [6, 6.07) is 4.02. The fraction of sp³-hybridized carbons (Fsp3) is 0.385. The largest absolute Gasteiger partial charge is 0.334 e. The quantitative estimate of drug-likeness (QED) is 0.728. The molecule has 0 N–H and O–H groups in total. The monoisotopic (exact) mass is 213 g/mol. The molecule has 1 aliphatic rings. The maximum Gasteiger partial charge on any atom is 0.109 e. The van der Waals surface area contributed by atoms with Crippen LogP contribution in [-0.4, -0.2) is 14.5 Å². The Labute approximate surface area is 95.2 Å². The van der Waals surface area contributed by atoms with E-state index in [2.05, 4.69) is 22.7 Å². The lowest BCUT2D eigenvalue weighted by Crippen LogP contribution is -2.17. The summed E-state index contributed by atoms with van der Waals surface area (Å²) in [5, 5.41) is 0. The van der Waals surface area contributed by atoms with Gasteiger partial charge in [0, 0.05) is 37.1 Å². The van der Waals surface area contributed by atoms with Crippen molar-refractivity contribution in [2.75, 3.05) is 0 Å². The van der Waals surface area contributed by atoms with Gasteiger partial charge in [-0.1, -0.05) is 6.92 Å². The molecule has 3 rings (SSSR count). The zero-order chi connectivity index (χ0) is 11.0. The Morgan fingerprint density at radius 1 is 1.31 bits per heavy atom. The summed E-state index contributed by atoms with van der Waals surface area (Å²) < 4.78 is 2.30. The van der Waals surface area contributed by atoms with Crippen LogP contribution in [0.2, 0.25) is 0 Å². The summed E-state index contributed by atoms with van der Waals surface area (Å²) in [7, 11) is 0. The van der Waals surface area contributed by atoms with Crippen LogP contribution < -0.4 is 0 Å². The average Bonchev–Trinajstić information content (AvgIpc) is 2.73. The van der Waals surface area contributed by atoms with Gasteiger partial charge < -0.3 is 4.57 Å². The van der Waals surface area contributed by atoms with Crippen LogP contribution in [0.5, 0.6) is 0 Å². The molecule has 0 saturated heterocycles. The minimum atomic E-state index is 0.770. The van der Waals surface area contributed by atoms with Gasteiger partial charge in [0.05, 0.1) is 5.69 Å². The summed E-state index contributed by atoms with van der Waals surface area (Å²) in [6.45, 7) is 3.41. The van der Waals surface area contributed by atoms with Gasteiger partial charge in [-0.15, -0.1) is 0 Å². The second-order valence-electron chi connectivity index (χ2n) is 4.57. The molecule has 1 aliphatic heterocycles. The fourth-order valence-electron chi connectivity index (χ4n) is 2.28. The normalized spacial score (nSPS) is 19.4. The van der Waals surface area contributed by atoms with Crippen molar-refractivity contribution in [3.05, 3.63) is 36.5 Å². The predicted molar refractivity (Wildman–Crippen MR) is 62.9 cm³/mol. The molecular weight excluding hydrogens is 198 g/mol. The summed E-state index contributed by atoms with van der Waals surface area (Å²) in [4.78, 5) is 8.72. The lowest BCUT2D eigenvalue weighted by Gasteiger charge is -2.19. The van der Waals surface area contributed by atoms with Crippen molar-refractivity contribution >= 4 is 0 Å². The van der Waals surface area contributed by atoms with Gasteiger partial charge in [0.2, 0.25) is 0 Å². The van der Waals surface area contributed by atoms with Gasteiger partial charge in [-0.2, -0.15) is 0 Å². The number of imidazole rings is 1. The smallest absolute Gasteiger partial charge is 0.109 e. The first-order valence-electron chi connectivity index (χ1n) is 5.79. The topological polar surface area (TPSA) is 30.7 Å². The molecule has 1 unspecified atom stereocenters. The zero-order valence-electron chi connectivity index (χ0n) is 9.43. The van der Waals surface area contributed by atoms with Crippen LogP contribution in [0.25, 0.3) is 11.3 Å². The number of hydrogen-bond acceptors (Lipinski definition) is 2. The third kappa shape index (κ3) is 1.62. The van der Waals surface area contributed by atoms with Gasteiger partial charge in [-0.3, -0.25) is 4.98 Å². The van der Waals surface area contributed by atoms with E-state index >= 15 is 0 Å². The van der Waals surface area contributed by atoms with E-state index in [1.165, 1.54) is 12.2 Å². The average molecular weight is 213 g/mol. The molecular formula is C13H15N3. The first-order valence-corrected chi connectivity index (χ1v) is 5.79. The summed E-state index contributed by atoms with van der Waals surface area (Å²) in [5.74, 6) is 2.00. The van der Waals surface area contributed by atoms with Gasteiger partial charge in [0.15, 0.2) is 0 Å². The summed E-state index contributed by atoms with van der Waals surface area (Å²) in [5.41, 5.74) is 2.23. The Kier molecular flexibility index (Phi) is 2.24. The zero-order valence-corrected chi connectivity index (χ0v) is 9.43. The minimum Gasteiger partial charge on any atom is -0.334 e. The number of pyridine rings is 1. The van der Waals surface area contributed by atoms with E-state index in [1.807, 2.05) is 24.5 Å². The van der Waals surface area contributed by atoms with Crippen LogP contribution in [0.15, 0.2) is 30.7 Å². The van der Waals surface area contributed by atoms with E-state index in [1.54, 1.807) is 0 Å². The highest BCUT2D eigenvalue weighted by Gasteiger charge is 2.17. The van der Waals surface area contributed by atoms with Crippen molar-refractivity contribution in [3.63, 3.8) is 0 Å². The van der Waals surface area contributed by atoms with Crippen LogP contribution >= 0.6 is 0 Å². The predicted octanol–water partition coefficient (Wildman–Crippen LogP) is 2.53. The van der Waals surface area contributed by atoms with E-state index < -0.39 is 0 Å². The number of fused-ring (bicyclic) bond motifs is 1. The highest BCUT2D eigenvalue weighted by atomic mass is 15.1. The summed E-state index contributed by atoms with van der Waals surface area (Å²) >= 11 is 0. The van der Waals surface area contributed by atoms with E-state index in [9.17, 15) is 0 Å². The first-order chi connectivity index (χ1) is 7.83. The lowest BCUT2D eigenvalue weighted by molar-refractivity contribution is 0.394. The molecule has 3 heterocycles. The molecule has 3 heteroatoms. The van der Waals surface area contributed by atoms with Crippen molar-refractivity contribution in [1.29, 1.82) is 0 Å². The van der Waals surface area contributed by atoms with Crippen molar-refractivity contribution < 1.29 is 0 Å². The molecule has 82 valence electrons. The molecule has 0 amide bonds. The lowest BCUT2D eigenvalue weighted by atomic mass is 10.0. The number of nitrogens with zero attached hydrogens (tertiary/aromatic N) is 3. The van der Waals surface area contributed by atoms with Crippen LogP contribution in [-0.2, 0) is 13.0 Å². The van der Waals surface area contributed by atoms with Gasteiger partial charge in [0.25, 0.3) is 0 Å². The van der Waals surface area contributed by atoms with Crippen molar-refractivity contribution in [3.8, 4) is 11.3 Å². The van der Waals surface area contributed by atoms with Gasteiger partial charge in [-0.25, -0.2) is 4.98 Å². The molecule has 0 aromatic carbocycles. The SMILES string of the molecule is CC1CCc2nc(-c3ccncc3)cn2C1. The van der Waals surface area contributed by atoms with Crippen LogP contribution in [0.1, 0.15) is 19.2 Å². The molecule has 16 heavy (non-hydrogen) atoms.